The third-order valence-corrected chi connectivity index (χ3v) is 9.15. The number of carboxylic acids is 1. The van der Waals surface area contributed by atoms with Crippen LogP contribution in [0, 0.1) is 17.3 Å². The van der Waals surface area contributed by atoms with Gasteiger partial charge in [0, 0.05) is 25.3 Å². The summed E-state index contributed by atoms with van der Waals surface area (Å²) in [6, 6.07) is 7.30. The number of ketones is 1. The Hall–Kier alpha value is -3.69. The fourth-order valence-corrected chi connectivity index (χ4v) is 6.79. The van der Waals surface area contributed by atoms with Gasteiger partial charge >= 0.3 is 11.9 Å². The van der Waals surface area contributed by atoms with Gasteiger partial charge in [-0.15, -0.1) is 0 Å². The molecule has 3 heterocycles. The van der Waals surface area contributed by atoms with Gasteiger partial charge in [0.2, 0.25) is 5.91 Å². The zero-order valence-corrected chi connectivity index (χ0v) is 26.3. The van der Waals surface area contributed by atoms with Crippen LogP contribution in [0.2, 0.25) is 0 Å². The van der Waals surface area contributed by atoms with Crippen LogP contribution in [0.15, 0.2) is 36.4 Å². The lowest BCUT2D eigenvalue weighted by Gasteiger charge is -2.29. The van der Waals surface area contributed by atoms with Crippen LogP contribution in [0.3, 0.4) is 0 Å². The van der Waals surface area contributed by atoms with Crippen molar-refractivity contribution in [2.45, 2.75) is 110 Å². The molecular formula is C34H45N3O7. The lowest BCUT2D eigenvalue weighted by Crippen LogP contribution is -2.45. The summed E-state index contributed by atoms with van der Waals surface area (Å²) in [5, 5.41) is 10.2. The number of Topliss-reactive ketones (excluding diaryl/α,β-unsaturated/α-hetero) is 1. The van der Waals surface area contributed by atoms with E-state index in [4.69, 9.17) is 9.47 Å². The maximum atomic E-state index is 14.2. The Kier molecular flexibility index (Phi) is 9.18. The van der Waals surface area contributed by atoms with Crippen molar-refractivity contribution in [3.05, 3.63) is 36.4 Å². The molecule has 10 heteroatoms. The summed E-state index contributed by atoms with van der Waals surface area (Å²) in [6.45, 7) is 8.15. The molecular weight excluding hydrogens is 562 g/mol. The number of nitrogens with zero attached hydrogens (tertiary/aromatic N) is 3. The molecule has 10 nitrogen and oxygen atoms in total. The van der Waals surface area contributed by atoms with E-state index in [9.17, 15) is 24.3 Å². The number of allylic oxidation sites excluding steroid dienone is 2. The van der Waals surface area contributed by atoms with E-state index in [2.05, 4.69) is 4.98 Å². The summed E-state index contributed by atoms with van der Waals surface area (Å²) in [6.07, 6.45) is 7.69. The molecule has 0 bridgehead atoms. The van der Waals surface area contributed by atoms with Crippen LogP contribution in [0.25, 0.3) is 11.0 Å². The number of aryl methyl sites for hydroxylation is 1. The largest absolute Gasteiger partial charge is 0.481 e. The van der Waals surface area contributed by atoms with Crippen LogP contribution in [0.1, 0.15) is 85.5 Å². The first-order valence-electron chi connectivity index (χ1n) is 16.0. The van der Waals surface area contributed by atoms with Crippen LogP contribution in [0.5, 0.6) is 6.01 Å². The van der Waals surface area contributed by atoms with E-state index in [0.29, 0.717) is 25.4 Å². The lowest BCUT2D eigenvalue weighted by atomic mass is 9.91. The topological polar surface area (TPSA) is 128 Å². The van der Waals surface area contributed by atoms with Crippen LogP contribution in [-0.2, 0) is 30.5 Å². The SMILES string of the molecule is CCn1c(O[C@@H]2C[C@H]3C(=O)C[C@]4(C(=O)O)C[C@@H]4/C=C\CCCCC[C@H](CC(=O)OC(C)(C)C)C(=O)N3C2)nc2ccccc21. The molecule has 3 aliphatic rings. The van der Waals surface area contributed by atoms with E-state index >= 15 is 0 Å². The van der Waals surface area contributed by atoms with Crippen LogP contribution < -0.4 is 4.74 Å². The lowest BCUT2D eigenvalue weighted by molar-refractivity contribution is -0.159. The van der Waals surface area contributed by atoms with Crippen molar-refractivity contribution < 1.29 is 33.8 Å². The number of carbonyl (C=O) groups is 4. The number of para-hydroxylation sites is 2. The first kappa shape index (κ1) is 31.7. The van der Waals surface area contributed by atoms with Crippen molar-refractivity contribution in [1.82, 2.24) is 14.5 Å². The second-order valence-electron chi connectivity index (χ2n) is 13.6. The van der Waals surface area contributed by atoms with Gasteiger partial charge in [0.1, 0.15) is 11.7 Å². The highest BCUT2D eigenvalue weighted by Crippen LogP contribution is 2.57. The molecule has 1 amide bonds. The van der Waals surface area contributed by atoms with E-state index in [0.717, 1.165) is 36.7 Å². The minimum atomic E-state index is -1.15. The van der Waals surface area contributed by atoms with E-state index in [1.54, 1.807) is 25.7 Å². The van der Waals surface area contributed by atoms with Crippen molar-refractivity contribution in [1.29, 1.82) is 0 Å². The molecule has 0 radical (unpaired) electrons. The standard InChI is InChI=1S/C34H45N3O7/c1-5-36-26-16-12-11-15-25(26)35-32(36)43-24-18-27-28(38)20-34(31(41)42)19-23(34)14-10-8-6-7-9-13-22(30(40)37(27)21-24)17-29(39)44-33(2,3)4/h10-12,14-16,22-24,27H,5-9,13,17-21H2,1-4H3,(H,41,42)/b14-10-/t22-,23+,24-,27+,34-/m1/s1. The molecule has 0 spiro atoms. The number of hydrogen-bond acceptors (Lipinski definition) is 7. The smallest absolute Gasteiger partial charge is 0.310 e. The van der Waals surface area contributed by atoms with E-state index in [1.807, 2.05) is 47.9 Å². The molecule has 1 saturated heterocycles. The number of aliphatic carboxylic acids is 1. The number of fused-ring (bicyclic) bond motifs is 3. The van der Waals surface area contributed by atoms with Gasteiger partial charge in [0.25, 0.3) is 6.01 Å². The van der Waals surface area contributed by atoms with Gasteiger partial charge in [-0.2, -0.15) is 4.98 Å². The zero-order chi connectivity index (χ0) is 31.6. The predicted molar refractivity (Wildman–Crippen MR) is 164 cm³/mol. The molecule has 1 N–H and O–H groups in total. The number of ether oxygens (including phenoxy) is 2. The molecule has 1 aromatic carbocycles. The fourth-order valence-electron chi connectivity index (χ4n) is 6.79. The third kappa shape index (κ3) is 6.84. The summed E-state index contributed by atoms with van der Waals surface area (Å²) in [5.41, 5.74) is -0.113. The highest BCUT2D eigenvalue weighted by atomic mass is 16.6. The van der Waals surface area contributed by atoms with E-state index in [-0.39, 0.29) is 43.4 Å². The maximum Gasteiger partial charge on any atom is 0.310 e. The van der Waals surface area contributed by atoms with Gasteiger partial charge < -0.3 is 19.5 Å². The van der Waals surface area contributed by atoms with Gasteiger partial charge in [-0.3, -0.25) is 23.7 Å². The molecule has 2 fully saturated rings. The average Bonchev–Trinajstić information content (AvgIpc) is 3.30. The molecule has 0 unspecified atom stereocenters. The van der Waals surface area contributed by atoms with Crippen molar-refractivity contribution >= 4 is 34.7 Å². The number of hydrogen-bond donors (Lipinski definition) is 1. The van der Waals surface area contributed by atoms with Gasteiger partial charge in [-0.05, 0) is 71.4 Å². The number of imidazole rings is 1. The average molecular weight is 608 g/mol. The zero-order valence-electron chi connectivity index (χ0n) is 26.3. The Labute approximate surface area is 258 Å². The van der Waals surface area contributed by atoms with Gasteiger partial charge in [0.15, 0.2) is 5.78 Å². The molecule has 44 heavy (non-hydrogen) atoms. The van der Waals surface area contributed by atoms with Crippen molar-refractivity contribution in [2.75, 3.05) is 6.54 Å². The van der Waals surface area contributed by atoms with Crippen LogP contribution in [0.4, 0.5) is 0 Å². The second-order valence-corrected chi connectivity index (χ2v) is 13.6. The Morgan fingerprint density at radius 2 is 1.91 bits per heavy atom. The Balaban J connectivity index is 1.44. The number of benzene rings is 1. The number of carbonyl (C=O) groups excluding carboxylic acids is 3. The van der Waals surface area contributed by atoms with E-state index in [1.165, 1.54) is 0 Å². The molecule has 5 atom stereocenters. The van der Waals surface area contributed by atoms with E-state index < -0.39 is 41.0 Å². The van der Waals surface area contributed by atoms with Gasteiger partial charge in [-0.25, -0.2) is 0 Å². The number of amides is 1. The first-order valence-corrected chi connectivity index (χ1v) is 16.0. The predicted octanol–water partition coefficient (Wildman–Crippen LogP) is 5.32. The summed E-state index contributed by atoms with van der Waals surface area (Å²) in [5.74, 6) is -2.84. The molecule has 1 aromatic heterocycles. The Morgan fingerprint density at radius 1 is 1.14 bits per heavy atom. The Morgan fingerprint density at radius 3 is 2.64 bits per heavy atom. The molecule has 2 aliphatic heterocycles. The van der Waals surface area contributed by atoms with Gasteiger partial charge in [0.05, 0.1) is 35.5 Å². The highest BCUT2D eigenvalue weighted by molar-refractivity contribution is 5.95. The second kappa shape index (κ2) is 12.7. The minimum Gasteiger partial charge on any atom is -0.481 e. The molecule has 1 aliphatic carbocycles. The fraction of sp³-hybridized carbons (Fsp3) is 0.618. The van der Waals surface area contributed by atoms with Crippen molar-refractivity contribution in [2.24, 2.45) is 17.3 Å². The molecule has 2 aromatic rings. The summed E-state index contributed by atoms with van der Waals surface area (Å²) < 4.78 is 13.9. The molecule has 238 valence electrons. The normalized spacial score (nSPS) is 28.9. The van der Waals surface area contributed by atoms with Crippen molar-refractivity contribution in [3.63, 3.8) is 0 Å². The van der Waals surface area contributed by atoms with Gasteiger partial charge in [-0.1, -0.05) is 37.1 Å². The molecule has 5 rings (SSSR count). The number of carboxylic acid groups (broad SMARTS) is 1. The number of esters is 1. The highest BCUT2D eigenvalue weighted by Gasteiger charge is 2.61. The van der Waals surface area contributed by atoms with Crippen molar-refractivity contribution in [3.8, 4) is 6.01 Å². The summed E-state index contributed by atoms with van der Waals surface area (Å²) >= 11 is 0. The minimum absolute atomic E-state index is 0.0777. The number of rotatable bonds is 6. The first-order chi connectivity index (χ1) is 20.9. The molecule has 1 saturated carbocycles. The quantitative estimate of drug-likeness (QED) is 0.345. The monoisotopic (exact) mass is 607 g/mol. The summed E-state index contributed by atoms with van der Waals surface area (Å²) in [7, 11) is 0. The van der Waals surface area contributed by atoms with Crippen LogP contribution in [-0.4, -0.2) is 67.5 Å². The third-order valence-electron chi connectivity index (χ3n) is 9.15. The van der Waals surface area contributed by atoms with Crippen LogP contribution >= 0.6 is 0 Å². The number of aromatic nitrogens is 2. The maximum absolute atomic E-state index is 14.2. The Bertz CT molecular complexity index is 1440. The summed E-state index contributed by atoms with van der Waals surface area (Å²) in [4.78, 5) is 59.7.